The highest BCUT2D eigenvalue weighted by molar-refractivity contribution is 5.24. The molecule has 3 nitrogen and oxygen atoms in total. The van der Waals surface area contributed by atoms with Crippen LogP contribution in [0, 0.1) is 6.92 Å². The molecule has 0 saturated heterocycles. The van der Waals surface area contributed by atoms with Gasteiger partial charge >= 0.3 is 0 Å². The summed E-state index contributed by atoms with van der Waals surface area (Å²) in [6, 6.07) is 3.66. The summed E-state index contributed by atoms with van der Waals surface area (Å²) in [4.78, 5) is 3.96. The molecule has 0 amide bonds. The molecule has 9 heavy (non-hydrogen) atoms. The molecule has 0 fully saturated rings. The van der Waals surface area contributed by atoms with Crippen molar-refractivity contribution in [2.75, 3.05) is 0 Å². The fourth-order valence-electron chi connectivity index (χ4n) is 0.556. The average Bonchev–Trinajstić information content (AvgIpc) is 1.90. The summed E-state index contributed by atoms with van der Waals surface area (Å²) in [6.07, 6.45) is 1.62. The maximum absolute atomic E-state index is 8.46. The molecule has 3 heteroatoms. The van der Waals surface area contributed by atoms with Crippen molar-refractivity contribution < 1.29 is 10.7 Å². The number of hydrogen-bond acceptors (Lipinski definition) is 2. The standard InChI is InChI=1S/C6H8N2O/c1-5-2-3-6(8-9)4-7-5/h2-4,8-9H,1H3/p+1. The second-order valence-corrected chi connectivity index (χ2v) is 1.86. The third kappa shape index (κ3) is 1.48. The van der Waals surface area contributed by atoms with Gasteiger partial charge in [0.1, 0.15) is 0 Å². The van der Waals surface area contributed by atoms with E-state index < -0.39 is 0 Å². The van der Waals surface area contributed by atoms with Crippen LogP contribution < -0.4 is 5.48 Å². The zero-order valence-corrected chi connectivity index (χ0v) is 5.20. The van der Waals surface area contributed by atoms with E-state index in [1.165, 1.54) is 0 Å². The van der Waals surface area contributed by atoms with Crippen LogP contribution in [0.15, 0.2) is 18.3 Å². The van der Waals surface area contributed by atoms with Crippen LogP contribution in [-0.4, -0.2) is 10.2 Å². The molecule has 1 aromatic rings. The lowest BCUT2D eigenvalue weighted by Gasteiger charge is -1.90. The van der Waals surface area contributed by atoms with Crippen molar-refractivity contribution in [3.8, 4) is 0 Å². The fraction of sp³-hybridized carbons (Fsp3) is 0.167. The van der Waals surface area contributed by atoms with E-state index in [2.05, 4.69) is 4.98 Å². The van der Waals surface area contributed by atoms with Crippen LogP contribution in [-0.2, 0) is 0 Å². The van der Waals surface area contributed by atoms with E-state index in [-0.39, 0.29) is 0 Å². The van der Waals surface area contributed by atoms with E-state index in [9.17, 15) is 0 Å². The van der Waals surface area contributed by atoms with Gasteiger partial charge in [0, 0.05) is 11.8 Å². The second kappa shape index (κ2) is 2.57. The molecular weight excluding hydrogens is 116 g/mol. The van der Waals surface area contributed by atoms with Gasteiger partial charge in [0.15, 0.2) is 5.69 Å². The van der Waals surface area contributed by atoms with Gasteiger partial charge in [-0.05, 0) is 13.0 Å². The summed E-state index contributed by atoms with van der Waals surface area (Å²) in [5, 5.41) is 8.46. The Labute approximate surface area is 53.3 Å². The molecule has 48 valence electrons. The van der Waals surface area contributed by atoms with Gasteiger partial charge in [-0.25, -0.2) is 5.21 Å². The zero-order chi connectivity index (χ0) is 6.69. The Bertz CT molecular complexity index is 183. The van der Waals surface area contributed by atoms with Crippen LogP contribution in [0.4, 0.5) is 5.69 Å². The topological polar surface area (TPSA) is 49.7 Å². The molecular formula is C6H9N2O+. The summed E-state index contributed by atoms with van der Waals surface area (Å²) >= 11 is 0. The van der Waals surface area contributed by atoms with Gasteiger partial charge in [0.05, 0.1) is 6.20 Å². The minimum atomic E-state index is 0.737. The molecule has 0 aliphatic heterocycles. The van der Waals surface area contributed by atoms with E-state index in [4.69, 9.17) is 5.21 Å². The van der Waals surface area contributed by atoms with Crippen LogP contribution in [0.25, 0.3) is 0 Å². The molecule has 0 unspecified atom stereocenters. The maximum atomic E-state index is 8.46. The van der Waals surface area contributed by atoms with E-state index >= 15 is 0 Å². The van der Waals surface area contributed by atoms with Crippen LogP contribution in [0.1, 0.15) is 5.69 Å². The van der Waals surface area contributed by atoms with E-state index in [1.54, 1.807) is 6.20 Å². The minimum Gasteiger partial charge on any atom is -0.255 e. The molecule has 0 atom stereocenters. The zero-order valence-electron chi connectivity index (χ0n) is 5.20. The van der Waals surface area contributed by atoms with Crippen molar-refractivity contribution in [1.29, 1.82) is 0 Å². The Kier molecular flexibility index (Phi) is 1.77. The molecule has 3 N–H and O–H groups in total. The Morgan fingerprint density at radius 3 is 2.78 bits per heavy atom. The van der Waals surface area contributed by atoms with Gasteiger partial charge in [-0.2, -0.15) is 5.48 Å². The molecule has 0 bridgehead atoms. The Morgan fingerprint density at radius 2 is 2.33 bits per heavy atom. The maximum Gasteiger partial charge on any atom is 0.180 e. The van der Waals surface area contributed by atoms with Gasteiger partial charge in [0.25, 0.3) is 0 Å². The molecule has 0 aromatic carbocycles. The number of quaternary nitrogens is 1. The summed E-state index contributed by atoms with van der Waals surface area (Å²) in [5.41, 5.74) is 2.73. The summed E-state index contributed by atoms with van der Waals surface area (Å²) in [7, 11) is 0. The van der Waals surface area contributed by atoms with Crippen molar-refractivity contribution in [2.24, 2.45) is 0 Å². The lowest BCUT2D eigenvalue weighted by Crippen LogP contribution is -2.73. The van der Waals surface area contributed by atoms with E-state index in [0.717, 1.165) is 16.9 Å². The van der Waals surface area contributed by atoms with Crippen LogP contribution in [0.2, 0.25) is 0 Å². The number of nitrogens with two attached hydrogens (primary N) is 1. The predicted octanol–water partition coefficient (Wildman–Crippen LogP) is -0.0259. The molecule has 0 spiro atoms. The fourth-order valence-corrected chi connectivity index (χ4v) is 0.556. The van der Waals surface area contributed by atoms with E-state index in [1.807, 2.05) is 19.1 Å². The number of hydrogen-bond donors (Lipinski definition) is 2. The highest BCUT2D eigenvalue weighted by atomic mass is 16.5. The van der Waals surface area contributed by atoms with Crippen molar-refractivity contribution in [3.05, 3.63) is 24.0 Å². The third-order valence-electron chi connectivity index (χ3n) is 1.08. The van der Waals surface area contributed by atoms with Gasteiger partial charge in [0.2, 0.25) is 0 Å². The molecule has 1 rings (SSSR count). The molecule has 1 heterocycles. The van der Waals surface area contributed by atoms with Gasteiger partial charge in [-0.3, -0.25) is 4.98 Å². The van der Waals surface area contributed by atoms with E-state index in [0.29, 0.717) is 0 Å². The number of nitrogens with zero attached hydrogens (tertiary/aromatic N) is 1. The number of aryl methyl sites for hydroxylation is 1. The summed E-state index contributed by atoms with van der Waals surface area (Å²) in [6.45, 7) is 1.90. The summed E-state index contributed by atoms with van der Waals surface area (Å²) < 4.78 is 0. The molecule has 0 saturated carbocycles. The Hall–Kier alpha value is -0.930. The Balaban J connectivity index is 2.88. The normalized spacial score (nSPS) is 9.56. The van der Waals surface area contributed by atoms with Crippen LogP contribution in [0.3, 0.4) is 0 Å². The third-order valence-corrected chi connectivity index (χ3v) is 1.08. The predicted molar refractivity (Wildman–Crippen MR) is 32.3 cm³/mol. The first kappa shape index (κ1) is 6.19. The molecule has 0 radical (unpaired) electrons. The average molecular weight is 125 g/mol. The first-order valence-electron chi connectivity index (χ1n) is 2.73. The first-order chi connectivity index (χ1) is 4.33. The van der Waals surface area contributed by atoms with Crippen molar-refractivity contribution >= 4 is 5.69 Å². The smallest absolute Gasteiger partial charge is 0.180 e. The lowest BCUT2D eigenvalue weighted by atomic mass is 10.3. The summed E-state index contributed by atoms with van der Waals surface area (Å²) in [5.74, 6) is 0. The van der Waals surface area contributed by atoms with Crippen molar-refractivity contribution in [2.45, 2.75) is 6.92 Å². The van der Waals surface area contributed by atoms with Gasteiger partial charge < -0.3 is 0 Å². The molecule has 1 aromatic heterocycles. The number of rotatable bonds is 1. The van der Waals surface area contributed by atoms with Crippen LogP contribution in [0.5, 0.6) is 0 Å². The molecule has 0 aliphatic carbocycles. The Morgan fingerprint density at radius 1 is 1.56 bits per heavy atom. The van der Waals surface area contributed by atoms with Crippen LogP contribution >= 0.6 is 0 Å². The highest BCUT2D eigenvalue weighted by Gasteiger charge is 1.91. The van der Waals surface area contributed by atoms with Crippen molar-refractivity contribution in [3.63, 3.8) is 0 Å². The number of pyridine rings is 1. The minimum absolute atomic E-state index is 0.737. The largest absolute Gasteiger partial charge is 0.255 e. The lowest BCUT2D eigenvalue weighted by molar-refractivity contribution is -0.825. The first-order valence-corrected chi connectivity index (χ1v) is 2.73. The highest BCUT2D eigenvalue weighted by Crippen LogP contribution is 1.96. The quantitative estimate of drug-likeness (QED) is 0.518. The van der Waals surface area contributed by atoms with Gasteiger partial charge in [-0.15, -0.1) is 0 Å². The van der Waals surface area contributed by atoms with Gasteiger partial charge in [-0.1, -0.05) is 0 Å². The second-order valence-electron chi connectivity index (χ2n) is 1.86. The molecule has 0 aliphatic rings. The monoisotopic (exact) mass is 125 g/mol. The SMILES string of the molecule is Cc1ccc([NH2+]O)cn1. The number of aromatic nitrogens is 1. The van der Waals surface area contributed by atoms with Crippen molar-refractivity contribution in [1.82, 2.24) is 4.98 Å².